The molecule has 2 rings (SSSR count). The van der Waals surface area contributed by atoms with Crippen LogP contribution in [0, 0.1) is 18.3 Å². The lowest BCUT2D eigenvalue weighted by Crippen LogP contribution is -2.41. The number of aromatic nitrogens is 1. The summed E-state index contributed by atoms with van der Waals surface area (Å²) in [6.45, 7) is 9.83. The average molecular weight is 244 g/mol. The van der Waals surface area contributed by atoms with Crippen LogP contribution in [0.5, 0.6) is 0 Å². The molecule has 0 radical (unpaired) electrons. The maximum Gasteiger partial charge on any atom is 0.514 e. The molecule has 1 saturated heterocycles. The molecule has 1 aromatic rings. The van der Waals surface area contributed by atoms with Gasteiger partial charge in [-0.1, -0.05) is 6.07 Å². The van der Waals surface area contributed by atoms with Crippen molar-refractivity contribution in [2.75, 3.05) is 0 Å². The summed E-state index contributed by atoms with van der Waals surface area (Å²) in [4.78, 5) is 4.29. The van der Waals surface area contributed by atoms with Crippen LogP contribution in [0.25, 0.3) is 0 Å². The topological polar surface area (TPSA) is 55.1 Å². The Morgan fingerprint density at radius 2 is 1.72 bits per heavy atom. The monoisotopic (exact) mass is 244 g/mol. The van der Waals surface area contributed by atoms with Crippen molar-refractivity contribution >= 4 is 12.7 Å². The Balaban J connectivity index is 2.33. The number of hydrogen-bond acceptors (Lipinski definition) is 4. The summed E-state index contributed by atoms with van der Waals surface area (Å²) < 4.78 is 11.8. The van der Waals surface area contributed by atoms with E-state index in [-0.39, 0.29) is 0 Å². The van der Waals surface area contributed by atoms with Crippen LogP contribution in [0.15, 0.2) is 12.1 Å². The lowest BCUT2D eigenvalue weighted by Gasteiger charge is -2.32. The number of pyridine rings is 1. The van der Waals surface area contributed by atoms with E-state index in [0.29, 0.717) is 11.3 Å². The second-order valence-electron chi connectivity index (χ2n) is 5.60. The van der Waals surface area contributed by atoms with E-state index in [0.717, 1.165) is 5.56 Å². The highest BCUT2D eigenvalue weighted by Crippen LogP contribution is 2.36. The van der Waals surface area contributed by atoms with Crippen LogP contribution >= 0.6 is 0 Å². The van der Waals surface area contributed by atoms with E-state index in [1.807, 2.05) is 46.8 Å². The normalized spacial score (nSPS) is 20.8. The van der Waals surface area contributed by atoms with Crippen molar-refractivity contribution in [3.63, 3.8) is 0 Å². The average Bonchev–Trinajstić information content (AvgIpc) is 2.49. The largest absolute Gasteiger partial charge is 0.514 e. The van der Waals surface area contributed by atoms with E-state index in [2.05, 4.69) is 11.1 Å². The maximum atomic E-state index is 9.00. The SMILES string of the molecule is Cc1ccc(B2OC(C)(C)C(C)(C)O2)nc1C#N. The Labute approximate surface area is 108 Å². The summed E-state index contributed by atoms with van der Waals surface area (Å²) in [6.07, 6.45) is 0. The molecule has 1 aliphatic rings. The zero-order valence-electron chi connectivity index (χ0n) is 11.4. The minimum atomic E-state index is -0.511. The summed E-state index contributed by atoms with van der Waals surface area (Å²) >= 11 is 0. The molecule has 0 atom stereocenters. The van der Waals surface area contributed by atoms with Crippen LogP contribution in [0.2, 0.25) is 0 Å². The highest BCUT2D eigenvalue weighted by Gasteiger charge is 2.52. The summed E-state index contributed by atoms with van der Waals surface area (Å²) in [5.41, 5.74) is 1.14. The number of nitrogens with zero attached hydrogens (tertiary/aromatic N) is 2. The van der Waals surface area contributed by atoms with Crippen LogP contribution < -0.4 is 5.59 Å². The lowest BCUT2D eigenvalue weighted by atomic mass is 9.84. The van der Waals surface area contributed by atoms with Crippen molar-refractivity contribution in [2.45, 2.75) is 45.8 Å². The van der Waals surface area contributed by atoms with Crippen LogP contribution in [0.1, 0.15) is 39.0 Å². The van der Waals surface area contributed by atoms with Crippen LogP contribution in [-0.4, -0.2) is 23.3 Å². The number of hydrogen-bond donors (Lipinski definition) is 0. The summed E-state index contributed by atoms with van der Waals surface area (Å²) in [5, 5.41) is 9.00. The molecule has 0 spiro atoms. The van der Waals surface area contributed by atoms with Crippen molar-refractivity contribution in [3.05, 3.63) is 23.4 Å². The third-order valence-corrected chi connectivity index (χ3v) is 3.72. The van der Waals surface area contributed by atoms with Crippen molar-refractivity contribution < 1.29 is 9.31 Å². The first-order valence-corrected chi connectivity index (χ1v) is 6.00. The van der Waals surface area contributed by atoms with Gasteiger partial charge in [0.25, 0.3) is 0 Å². The first kappa shape index (κ1) is 13.1. The molecule has 0 bridgehead atoms. The standard InChI is InChI=1S/C13H17BN2O2/c1-9-6-7-11(16-10(9)8-15)14-17-12(2,3)13(4,5)18-14/h6-7H,1-5H3. The Bertz CT molecular complexity index is 504. The van der Waals surface area contributed by atoms with E-state index in [1.165, 1.54) is 0 Å². The van der Waals surface area contributed by atoms with Gasteiger partial charge in [0.1, 0.15) is 11.8 Å². The van der Waals surface area contributed by atoms with Gasteiger partial charge in [0.15, 0.2) is 0 Å². The minimum Gasteiger partial charge on any atom is -0.398 e. The molecule has 0 N–H and O–H groups in total. The number of nitriles is 1. The van der Waals surface area contributed by atoms with E-state index in [4.69, 9.17) is 14.6 Å². The summed E-state index contributed by atoms with van der Waals surface area (Å²) in [6, 6.07) is 5.79. The third-order valence-electron chi connectivity index (χ3n) is 3.72. The maximum absolute atomic E-state index is 9.00. The van der Waals surface area contributed by atoms with Gasteiger partial charge in [-0.3, -0.25) is 0 Å². The Morgan fingerprint density at radius 1 is 1.17 bits per heavy atom. The van der Waals surface area contributed by atoms with Crippen LogP contribution in [0.4, 0.5) is 0 Å². The Morgan fingerprint density at radius 3 is 2.22 bits per heavy atom. The molecular weight excluding hydrogens is 227 g/mol. The molecule has 4 nitrogen and oxygen atoms in total. The molecule has 0 aromatic carbocycles. The van der Waals surface area contributed by atoms with Crippen molar-refractivity contribution in [1.82, 2.24) is 4.98 Å². The molecule has 0 saturated carbocycles. The fourth-order valence-electron chi connectivity index (χ4n) is 1.75. The van der Waals surface area contributed by atoms with Crippen molar-refractivity contribution in [2.24, 2.45) is 0 Å². The molecule has 2 heterocycles. The highest BCUT2D eigenvalue weighted by atomic mass is 16.7. The third kappa shape index (κ3) is 2.02. The van der Waals surface area contributed by atoms with Gasteiger partial charge in [0.05, 0.1) is 16.8 Å². The molecule has 1 fully saturated rings. The molecule has 1 aliphatic heterocycles. The zero-order valence-corrected chi connectivity index (χ0v) is 11.4. The molecule has 94 valence electrons. The number of rotatable bonds is 1. The second kappa shape index (κ2) is 4.08. The molecule has 0 aliphatic carbocycles. The van der Waals surface area contributed by atoms with E-state index in [9.17, 15) is 0 Å². The van der Waals surface area contributed by atoms with Gasteiger partial charge in [-0.05, 0) is 46.2 Å². The predicted molar refractivity (Wildman–Crippen MR) is 69.4 cm³/mol. The van der Waals surface area contributed by atoms with Gasteiger partial charge in [0, 0.05) is 0 Å². The van der Waals surface area contributed by atoms with Crippen LogP contribution in [-0.2, 0) is 9.31 Å². The van der Waals surface area contributed by atoms with Crippen molar-refractivity contribution in [1.29, 1.82) is 5.26 Å². The zero-order chi connectivity index (χ0) is 13.6. The summed E-state index contributed by atoms with van der Waals surface area (Å²) in [7, 11) is -0.511. The van der Waals surface area contributed by atoms with E-state index < -0.39 is 18.3 Å². The Kier molecular flexibility index (Phi) is 2.96. The molecule has 1 aromatic heterocycles. The Hall–Kier alpha value is -1.38. The van der Waals surface area contributed by atoms with E-state index >= 15 is 0 Å². The first-order valence-electron chi connectivity index (χ1n) is 6.00. The van der Waals surface area contributed by atoms with Gasteiger partial charge in [-0.2, -0.15) is 5.26 Å². The molecule has 0 unspecified atom stereocenters. The van der Waals surface area contributed by atoms with Gasteiger partial charge in [0.2, 0.25) is 0 Å². The van der Waals surface area contributed by atoms with E-state index in [1.54, 1.807) is 0 Å². The van der Waals surface area contributed by atoms with Gasteiger partial charge >= 0.3 is 7.12 Å². The van der Waals surface area contributed by atoms with Gasteiger partial charge < -0.3 is 9.31 Å². The minimum absolute atomic E-state index is 0.392. The quantitative estimate of drug-likeness (QED) is 0.703. The second-order valence-corrected chi connectivity index (χ2v) is 5.60. The molecular formula is C13H17BN2O2. The smallest absolute Gasteiger partial charge is 0.398 e. The molecule has 0 amide bonds. The summed E-state index contributed by atoms with van der Waals surface area (Å²) in [5.74, 6) is 0. The predicted octanol–water partition coefficient (Wildman–Crippen LogP) is 1.56. The van der Waals surface area contributed by atoms with Crippen LogP contribution in [0.3, 0.4) is 0 Å². The fraction of sp³-hybridized carbons (Fsp3) is 0.538. The molecule has 18 heavy (non-hydrogen) atoms. The lowest BCUT2D eigenvalue weighted by molar-refractivity contribution is 0.00578. The molecule has 5 heteroatoms. The van der Waals surface area contributed by atoms with Gasteiger partial charge in [-0.25, -0.2) is 4.98 Å². The highest BCUT2D eigenvalue weighted by molar-refractivity contribution is 6.61. The number of aryl methyl sites for hydroxylation is 1. The van der Waals surface area contributed by atoms with Crippen molar-refractivity contribution in [3.8, 4) is 6.07 Å². The first-order chi connectivity index (χ1) is 8.27. The van der Waals surface area contributed by atoms with Gasteiger partial charge in [-0.15, -0.1) is 0 Å². The fourth-order valence-corrected chi connectivity index (χ4v) is 1.75.